The number of primary amides is 1. The maximum Gasteiger partial charge on any atom is 0.234 e. The Labute approximate surface area is 66.5 Å². The van der Waals surface area contributed by atoms with Gasteiger partial charge in [-0.1, -0.05) is 0 Å². The van der Waals surface area contributed by atoms with E-state index >= 15 is 0 Å². The van der Waals surface area contributed by atoms with E-state index in [9.17, 15) is 4.79 Å². The minimum atomic E-state index is -0.520. The van der Waals surface area contributed by atoms with Crippen molar-refractivity contribution in [2.45, 2.75) is 18.9 Å². The number of nitrogens with two attached hydrogens (primary N) is 3. The highest BCUT2D eigenvalue weighted by Crippen LogP contribution is 1.89. The standard InChI is InChI=1S/C5H13N3O.ClH/c6-3-1-2-4(7)5(8)9;/h4H,1-3,6-7H2,(H2,8,9);1H/t4-;/m0./s1. The van der Waals surface area contributed by atoms with Crippen LogP contribution in [0.2, 0.25) is 0 Å². The molecule has 0 saturated carbocycles. The number of carbonyl (C=O) groups excluding carboxylic acids is 1. The van der Waals surface area contributed by atoms with Crippen LogP contribution in [0.5, 0.6) is 0 Å². The molecular weight excluding hydrogens is 154 g/mol. The van der Waals surface area contributed by atoms with Gasteiger partial charge in [-0.25, -0.2) is 0 Å². The fourth-order valence-corrected chi connectivity index (χ4v) is 0.480. The van der Waals surface area contributed by atoms with Gasteiger partial charge in [-0.05, 0) is 19.4 Å². The first-order valence-electron chi connectivity index (χ1n) is 2.93. The summed E-state index contributed by atoms with van der Waals surface area (Å²) in [6, 6.07) is -0.520. The Morgan fingerprint density at radius 1 is 1.50 bits per heavy atom. The summed E-state index contributed by atoms with van der Waals surface area (Å²) in [5, 5.41) is 0. The molecule has 6 N–H and O–H groups in total. The molecule has 0 aromatic rings. The molecule has 5 heteroatoms. The number of carbonyl (C=O) groups is 1. The van der Waals surface area contributed by atoms with Crippen LogP contribution in [0.25, 0.3) is 0 Å². The van der Waals surface area contributed by atoms with E-state index in [1.807, 2.05) is 0 Å². The molecule has 0 unspecified atom stereocenters. The van der Waals surface area contributed by atoms with Crippen LogP contribution in [-0.2, 0) is 4.79 Å². The molecule has 4 nitrogen and oxygen atoms in total. The maximum absolute atomic E-state index is 10.3. The van der Waals surface area contributed by atoms with E-state index in [0.717, 1.165) is 6.42 Å². The number of rotatable bonds is 4. The van der Waals surface area contributed by atoms with Gasteiger partial charge >= 0.3 is 0 Å². The molecule has 62 valence electrons. The van der Waals surface area contributed by atoms with E-state index in [4.69, 9.17) is 17.2 Å². The van der Waals surface area contributed by atoms with Gasteiger partial charge in [-0.2, -0.15) is 0 Å². The van der Waals surface area contributed by atoms with Crippen LogP contribution in [0.1, 0.15) is 12.8 Å². The van der Waals surface area contributed by atoms with Gasteiger partial charge in [0, 0.05) is 0 Å². The molecular formula is C5H14ClN3O. The summed E-state index contributed by atoms with van der Waals surface area (Å²) in [4.78, 5) is 10.3. The third kappa shape index (κ3) is 5.81. The average Bonchev–Trinajstić information content (AvgIpc) is 1.82. The monoisotopic (exact) mass is 167 g/mol. The Morgan fingerprint density at radius 3 is 2.30 bits per heavy atom. The van der Waals surface area contributed by atoms with E-state index in [0.29, 0.717) is 13.0 Å². The first-order valence-corrected chi connectivity index (χ1v) is 2.93. The van der Waals surface area contributed by atoms with Crippen LogP contribution in [0.4, 0.5) is 0 Å². The highest BCUT2D eigenvalue weighted by atomic mass is 35.5. The zero-order valence-electron chi connectivity index (χ0n) is 5.75. The van der Waals surface area contributed by atoms with Crippen molar-refractivity contribution in [3.63, 3.8) is 0 Å². The van der Waals surface area contributed by atoms with Crippen molar-refractivity contribution in [2.24, 2.45) is 17.2 Å². The van der Waals surface area contributed by atoms with Crippen molar-refractivity contribution in [2.75, 3.05) is 6.54 Å². The van der Waals surface area contributed by atoms with E-state index in [1.54, 1.807) is 0 Å². The molecule has 0 saturated heterocycles. The molecule has 0 aromatic carbocycles. The van der Waals surface area contributed by atoms with Crippen LogP contribution in [0.3, 0.4) is 0 Å². The summed E-state index contributed by atoms with van der Waals surface area (Å²) >= 11 is 0. The summed E-state index contributed by atoms with van der Waals surface area (Å²) < 4.78 is 0. The molecule has 0 bridgehead atoms. The van der Waals surface area contributed by atoms with Crippen molar-refractivity contribution < 1.29 is 4.79 Å². The fourth-order valence-electron chi connectivity index (χ4n) is 0.480. The summed E-state index contributed by atoms with van der Waals surface area (Å²) in [5.41, 5.74) is 15.3. The lowest BCUT2D eigenvalue weighted by Crippen LogP contribution is -2.36. The molecule has 0 aliphatic rings. The van der Waals surface area contributed by atoms with Crippen molar-refractivity contribution in [3.8, 4) is 0 Å². The first-order chi connectivity index (χ1) is 4.18. The van der Waals surface area contributed by atoms with Crippen molar-refractivity contribution >= 4 is 18.3 Å². The second-order valence-electron chi connectivity index (χ2n) is 1.94. The van der Waals surface area contributed by atoms with E-state index in [2.05, 4.69) is 0 Å². The Morgan fingerprint density at radius 2 is 2.00 bits per heavy atom. The second-order valence-corrected chi connectivity index (χ2v) is 1.94. The number of hydrogen-bond acceptors (Lipinski definition) is 3. The van der Waals surface area contributed by atoms with Crippen molar-refractivity contribution in [1.82, 2.24) is 0 Å². The average molecular weight is 168 g/mol. The largest absolute Gasteiger partial charge is 0.368 e. The van der Waals surface area contributed by atoms with Crippen LogP contribution in [0.15, 0.2) is 0 Å². The normalized spacial score (nSPS) is 11.8. The smallest absolute Gasteiger partial charge is 0.234 e. The van der Waals surface area contributed by atoms with Crippen LogP contribution in [-0.4, -0.2) is 18.5 Å². The zero-order valence-corrected chi connectivity index (χ0v) is 6.56. The predicted molar refractivity (Wildman–Crippen MR) is 42.7 cm³/mol. The van der Waals surface area contributed by atoms with E-state index < -0.39 is 11.9 Å². The zero-order chi connectivity index (χ0) is 7.28. The summed E-state index contributed by atoms with van der Waals surface area (Å²) in [6.45, 7) is 0.557. The molecule has 0 rings (SSSR count). The van der Waals surface area contributed by atoms with Gasteiger partial charge in [0.05, 0.1) is 6.04 Å². The topological polar surface area (TPSA) is 95.1 Å². The van der Waals surface area contributed by atoms with Gasteiger partial charge in [-0.15, -0.1) is 12.4 Å². The molecule has 0 aliphatic heterocycles. The van der Waals surface area contributed by atoms with E-state index in [1.165, 1.54) is 0 Å². The minimum Gasteiger partial charge on any atom is -0.368 e. The molecule has 0 aromatic heterocycles. The Balaban J connectivity index is 0. The maximum atomic E-state index is 10.3. The van der Waals surface area contributed by atoms with Gasteiger partial charge in [0.1, 0.15) is 0 Å². The lowest BCUT2D eigenvalue weighted by atomic mass is 10.1. The third-order valence-electron chi connectivity index (χ3n) is 1.08. The lowest BCUT2D eigenvalue weighted by molar-refractivity contribution is -0.119. The Kier molecular flexibility index (Phi) is 8.40. The summed E-state index contributed by atoms with van der Waals surface area (Å²) in [7, 11) is 0. The first kappa shape index (κ1) is 12.4. The van der Waals surface area contributed by atoms with Gasteiger partial charge in [0.2, 0.25) is 5.91 Å². The van der Waals surface area contributed by atoms with E-state index in [-0.39, 0.29) is 12.4 Å². The summed E-state index contributed by atoms with van der Waals surface area (Å²) in [6.07, 6.45) is 1.34. The fraction of sp³-hybridized carbons (Fsp3) is 0.800. The molecule has 1 atom stereocenters. The quantitative estimate of drug-likeness (QED) is 0.499. The van der Waals surface area contributed by atoms with Crippen LogP contribution in [0, 0.1) is 0 Å². The highest BCUT2D eigenvalue weighted by molar-refractivity contribution is 5.85. The van der Waals surface area contributed by atoms with Gasteiger partial charge in [-0.3, -0.25) is 4.79 Å². The van der Waals surface area contributed by atoms with Gasteiger partial charge in [0.15, 0.2) is 0 Å². The Bertz CT molecular complexity index is 98.9. The van der Waals surface area contributed by atoms with Crippen molar-refractivity contribution in [1.29, 1.82) is 0 Å². The predicted octanol–water partition coefficient (Wildman–Crippen LogP) is -1.04. The minimum absolute atomic E-state index is 0. The molecule has 0 spiro atoms. The molecule has 1 amide bonds. The number of halogens is 1. The summed E-state index contributed by atoms with van der Waals surface area (Å²) in [5.74, 6) is -0.455. The number of amides is 1. The molecule has 0 aliphatic carbocycles. The second kappa shape index (κ2) is 6.80. The SMILES string of the molecule is Cl.NCCC[C@H](N)C(N)=O. The number of hydrogen-bond donors (Lipinski definition) is 3. The van der Waals surface area contributed by atoms with Gasteiger partial charge in [0.25, 0.3) is 0 Å². The van der Waals surface area contributed by atoms with Gasteiger partial charge < -0.3 is 17.2 Å². The molecule has 0 heterocycles. The van der Waals surface area contributed by atoms with Crippen LogP contribution >= 0.6 is 12.4 Å². The Hall–Kier alpha value is -0.320. The van der Waals surface area contributed by atoms with Crippen LogP contribution < -0.4 is 17.2 Å². The lowest BCUT2D eigenvalue weighted by Gasteiger charge is -2.03. The molecule has 0 fully saturated rings. The molecule has 0 radical (unpaired) electrons. The third-order valence-corrected chi connectivity index (χ3v) is 1.08. The highest BCUT2D eigenvalue weighted by Gasteiger charge is 2.06. The molecule has 10 heavy (non-hydrogen) atoms. The van der Waals surface area contributed by atoms with Crippen molar-refractivity contribution in [3.05, 3.63) is 0 Å².